The second-order valence-corrected chi connectivity index (χ2v) is 28.7. The third-order valence-corrected chi connectivity index (χ3v) is 25.6. The van der Waals surface area contributed by atoms with Crippen LogP contribution in [0.4, 0.5) is 0 Å². The molecule has 0 N–H and O–H groups in total. The van der Waals surface area contributed by atoms with Crippen LogP contribution in [-0.2, 0) is 0 Å². The van der Waals surface area contributed by atoms with E-state index in [-0.39, 0.29) is 23.7 Å². The van der Waals surface area contributed by atoms with Crippen LogP contribution < -0.4 is 0 Å². The second kappa shape index (κ2) is 16.8. The highest BCUT2D eigenvalue weighted by Crippen LogP contribution is 2.48. The van der Waals surface area contributed by atoms with Crippen molar-refractivity contribution in [3.8, 4) is 69.4 Å². The molecule has 0 fully saturated rings. The van der Waals surface area contributed by atoms with Crippen LogP contribution in [0, 0.1) is 58.4 Å². The molecule has 0 saturated carbocycles. The summed E-state index contributed by atoms with van der Waals surface area (Å²) in [4.78, 5) is 19.2. The Morgan fingerprint density at radius 2 is 0.643 bits per heavy atom. The maximum Gasteiger partial charge on any atom is 0.146 e. The van der Waals surface area contributed by atoms with Gasteiger partial charge in [0.15, 0.2) is 0 Å². The molecule has 0 saturated heterocycles. The van der Waals surface area contributed by atoms with E-state index in [1.165, 1.54) is 0 Å². The Labute approximate surface area is 339 Å². The summed E-state index contributed by atoms with van der Waals surface area (Å²) in [5.74, 6) is 21.1. The van der Waals surface area contributed by atoms with Gasteiger partial charge in [0, 0.05) is 36.6 Å². The van der Waals surface area contributed by atoms with Gasteiger partial charge in [0.2, 0.25) is 0 Å². The molecular weight excluding hydrogens is 713 g/mol. The highest BCUT2D eigenvalue weighted by molar-refractivity contribution is 6.91. The average molecular weight is 771 g/mol. The minimum absolute atomic E-state index is 0.0709. The predicted molar refractivity (Wildman–Crippen MR) is 239 cm³/mol. The molecule has 0 aromatic carbocycles. The number of nitrogens with zero attached hydrogens (tertiary/aromatic N) is 4. The van der Waals surface area contributed by atoms with Crippen molar-refractivity contribution in [1.29, 1.82) is 0 Å². The molecular formula is C50H58N4Si2. The SMILES string of the molecule is CC(C)[Si](C#CC(C#CC#CC(C#C[Si](C(C)C)(C(C)C)C(C)C)C1c2cccnc2-c2ncccc21)C1c2cccnc2-c2ncccc21)(C(C)C)C(C)C. The Bertz CT molecular complexity index is 2030. The number of fused-ring (bicyclic) bond motifs is 6. The summed E-state index contributed by atoms with van der Waals surface area (Å²) < 4.78 is 0. The van der Waals surface area contributed by atoms with Gasteiger partial charge < -0.3 is 0 Å². The molecule has 2 atom stereocenters. The van der Waals surface area contributed by atoms with Gasteiger partial charge in [-0.25, -0.2) is 0 Å². The first kappa shape index (κ1) is 40.9. The van der Waals surface area contributed by atoms with Crippen molar-refractivity contribution in [2.75, 3.05) is 0 Å². The predicted octanol–water partition coefficient (Wildman–Crippen LogP) is 11.9. The van der Waals surface area contributed by atoms with E-state index in [2.05, 4.69) is 154 Å². The summed E-state index contributed by atoms with van der Waals surface area (Å²) in [5, 5.41) is 0. The molecule has 0 radical (unpaired) electrons. The molecule has 4 heterocycles. The largest absolute Gasteiger partial charge is 0.254 e. The zero-order valence-corrected chi connectivity index (χ0v) is 37.5. The molecule has 4 aromatic heterocycles. The lowest BCUT2D eigenvalue weighted by Crippen LogP contribution is -2.43. The molecule has 4 nitrogen and oxygen atoms in total. The lowest BCUT2D eigenvalue weighted by molar-refractivity contribution is 0.739. The van der Waals surface area contributed by atoms with Crippen LogP contribution in [0.3, 0.4) is 0 Å². The Hall–Kier alpha value is -4.73. The molecule has 0 spiro atoms. The first-order chi connectivity index (χ1) is 26.8. The smallest absolute Gasteiger partial charge is 0.146 e. The van der Waals surface area contributed by atoms with Gasteiger partial charge in [-0.1, -0.05) is 131 Å². The standard InChI is InChI=1S/C50H58N4Si2/c1-33(2)55(34(3)4,35(5)6)31-25-39(45-41-21-15-27-51-47(41)48-42(45)22-16-28-52-48)19-13-14-20-40(26-32-56(36(7)8,37(9)10)38(11)12)46-43-23-17-29-53-49(43)50-44(46)24-18-30-54-50/h15-18,21-24,27-30,33-40,45-46H,1-12H3. The zero-order chi connectivity index (χ0) is 40.4. The maximum atomic E-state index is 4.80. The van der Waals surface area contributed by atoms with Crippen LogP contribution in [0.15, 0.2) is 73.3 Å². The van der Waals surface area contributed by atoms with E-state index in [0.717, 1.165) is 45.0 Å². The van der Waals surface area contributed by atoms with Crippen LogP contribution in [0.25, 0.3) is 22.8 Å². The van der Waals surface area contributed by atoms with Crippen LogP contribution in [-0.4, -0.2) is 36.1 Å². The minimum Gasteiger partial charge on any atom is -0.254 e. The van der Waals surface area contributed by atoms with Gasteiger partial charge >= 0.3 is 0 Å². The highest BCUT2D eigenvalue weighted by atomic mass is 28.3. The normalized spacial score (nSPS) is 14.5. The highest BCUT2D eigenvalue weighted by Gasteiger charge is 2.44. The summed E-state index contributed by atoms with van der Waals surface area (Å²) in [7, 11) is -4.11. The monoisotopic (exact) mass is 770 g/mol. The van der Waals surface area contributed by atoms with Crippen molar-refractivity contribution >= 4 is 16.1 Å². The van der Waals surface area contributed by atoms with E-state index < -0.39 is 16.1 Å². The third-order valence-electron chi connectivity index (χ3n) is 12.9. The third kappa shape index (κ3) is 7.20. The maximum absolute atomic E-state index is 4.80. The van der Waals surface area contributed by atoms with Crippen LogP contribution in [0.2, 0.25) is 33.2 Å². The van der Waals surface area contributed by atoms with Crippen molar-refractivity contribution in [3.05, 3.63) is 95.6 Å². The van der Waals surface area contributed by atoms with E-state index in [4.69, 9.17) is 19.9 Å². The fourth-order valence-electron chi connectivity index (χ4n) is 10.4. The van der Waals surface area contributed by atoms with Crippen molar-refractivity contribution in [3.63, 3.8) is 0 Å². The number of aromatic nitrogens is 4. The molecule has 2 aliphatic rings. The van der Waals surface area contributed by atoms with Crippen LogP contribution >= 0.6 is 0 Å². The molecule has 56 heavy (non-hydrogen) atoms. The minimum atomic E-state index is -2.05. The van der Waals surface area contributed by atoms with Crippen molar-refractivity contribution in [2.24, 2.45) is 11.8 Å². The first-order valence-electron chi connectivity index (χ1n) is 20.6. The topological polar surface area (TPSA) is 51.6 Å². The fraction of sp³-hybridized carbons (Fsp3) is 0.440. The van der Waals surface area contributed by atoms with Crippen molar-refractivity contribution in [1.82, 2.24) is 19.9 Å². The summed E-state index contributed by atoms with van der Waals surface area (Å²) in [5.41, 5.74) is 19.3. The Kier molecular flexibility index (Phi) is 12.3. The molecule has 0 aliphatic heterocycles. The zero-order valence-electron chi connectivity index (χ0n) is 35.5. The van der Waals surface area contributed by atoms with Crippen LogP contribution in [0.5, 0.6) is 0 Å². The summed E-state index contributed by atoms with van der Waals surface area (Å²) >= 11 is 0. The van der Waals surface area contributed by atoms with Gasteiger partial charge in [0.1, 0.15) is 16.1 Å². The first-order valence-corrected chi connectivity index (χ1v) is 25.1. The van der Waals surface area contributed by atoms with Gasteiger partial charge in [0.25, 0.3) is 0 Å². The van der Waals surface area contributed by atoms with Gasteiger partial charge in [-0.15, -0.1) is 11.1 Å². The Morgan fingerprint density at radius 3 is 0.875 bits per heavy atom. The van der Waals surface area contributed by atoms with E-state index in [0.29, 0.717) is 33.2 Å². The van der Waals surface area contributed by atoms with Gasteiger partial charge in [0.05, 0.1) is 34.6 Å². The van der Waals surface area contributed by atoms with E-state index in [9.17, 15) is 0 Å². The lowest BCUT2D eigenvalue weighted by Gasteiger charge is -2.38. The van der Waals surface area contributed by atoms with Gasteiger partial charge in [-0.2, -0.15) is 0 Å². The van der Waals surface area contributed by atoms with E-state index in [1.54, 1.807) is 0 Å². The van der Waals surface area contributed by atoms with E-state index in [1.807, 2.05) is 49.1 Å². The summed E-state index contributed by atoms with van der Waals surface area (Å²) in [6.45, 7) is 28.4. The number of hydrogen-bond donors (Lipinski definition) is 0. The van der Waals surface area contributed by atoms with Crippen molar-refractivity contribution in [2.45, 2.75) is 128 Å². The number of pyridine rings is 4. The van der Waals surface area contributed by atoms with Crippen LogP contribution in [0.1, 0.15) is 117 Å². The second-order valence-electron chi connectivity index (χ2n) is 17.5. The summed E-state index contributed by atoms with van der Waals surface area (Å²) in [6.07, 6.45) is 7.42. The fourth-order valence-corrected chi connectivity index (χ4v) is 21.0. The molecule has 6 heteroatoms. The molecule has 6 rings (SSSR count). The lowest BCUT2D eigenvalue weighted by atomic mass is 9.85. The Balaban J connectivity index is 1.53. The molecule has 2 unspecified atom stereocenters. The van der Waals surface area contributed by atoms with Gasteiger partial charge in [-0.05, 0) is 91.6 Å². The molecule has 4 aromatic rings. The molecule has 286 valence electrons. The average Bonchev–Trinajstić information content (AvgIpc) is 3.67. The molecule has 0 bridgehead atoms. The summed E-state index contributed by atoms with van der Waals surface area (Å²) in [6, 6.07) is 16.8. The number of hydrogen-bond acceptors (Lipinski definition) is 4. The van der Waals surface area contributed by atoms with Gasteiger partial charge in [-0.3, -0.25) is 19.9 Å². The Morgan fingerprint density at radius 1 is 0.393 bits per heavy atom. The number of rotatable bonds is 8. The van der Waals surface area contributed by atoms with Crippen molar-refractivity contribution < 1.29 is 0 Å². The van der Waals surface area contributed by atoms with E-state index >= 15 is 0 Å². The molecule has 0 amide bonds. The quantitative estimate of drug-likeness (QED) is 0.132. The molecule has 2 aliphatic carbocycles.